The lowest BCUT2D eigenvalue weighted by Gasteiger charge is -2.19. The number of benzene rings is 1. The summed E-state index contributed by atoms with van der Waals surface area (Å²) < 4.78 is 5.39. The molecule has 1 aromatic rings. The summed E-state index contributed by atoms with van der Waals surface area (Å²) in [5, 5.41) is 8.88. The van der Waals surface area contributed by atoms with Crippen LogP contribution in [-0.2, 0) is 16.1 Å². The molecule has 1 saturated heterocycles. The molecule has 0 atom stereocenters. The van der Waals surface area contributed by atoms with Crippen molar-refractivity contribution in [2.24, 2.45) is 10.2 Å². The molecule has 0 saturated carbocycles. The summed E-state index contributed by atoms with van der Waals surface area (Å²) in [5.41, 5.74) is 2.42. The molecule has 24 heavy (non-hydrogen) atoms. The van der Waals surface area contributed by atoms with E-state index in [0.29, 0.717) is 30.0 Å². The van der Waals surface area contributed by atoms with E-state index in [2.05, 4.69) is 36.2 Å². The minimum absolute atomic E-state index is 0.0749. The Balaban J connectivity index is 2.08. The van der Waals surface area contributed by atoms with Crippen molar-refractivity contribution in [2.75, 3.05) is 12.4 Å². The van der Waals surface area contributed by atoms with Gasteiger partial charge < -0.3 is 4.74 Å². The first-order valence-corrected chi connectivity index (χ1v) is 9.19. The van der Waals surface area contributed by atoms with Crippen molar-refractivity contribution < 1.29 is 9.53 Å². The van der Waals surface area contributed by atoms with Gasteiger partial charge in [0.25, 0.3) is 0 Å². The van der Waals surface area contributed by atoms with Crippen molar-refractivity contribution in [2.45, 2.75) is 46.3 Å². The Hall–Kier alpha value is -1.66. The van der Waals surface area contributed by atoms with Crippen LogP contribution in [0.2, 0.25) is 0 Å². The van der Waals surface area contributed by atoms with E-state index in [1.165, 1.54) is 17.3 Å². The Morgan fingerprint density at radius 2 is 2.04 bits per heavy atom. The Kier molecular flexibility index (Phi) is 6.99. The minimum atomic E-state index is 0.0749. The van der Waals surface area contributed by atoms with Crippen LogP contribution in [0, 0.1) is 0 Å². The summed E-state index contributed by atoms with van der Waals surface area (Å²) in [7, 11) is 0. The number of ether oxygens (including phenoxy) is 1. The quantitative estimate of drug-likeness (QED) is 0.559. The highest BCUT2D eigenvalue weighted by Crippen LogP contribution is 2.25. The largest absolute Gasteiger partial charge is 0.373 e. The zero-order chi connectivity index (χ0) is 17.5. The molecule has 0 spiro atoms. The van der Waals surface area contributed by atoms with Crippen LogP contribution in [0.4, 0.5) is 0 Å². The van der Waals surface area contributed by atoms with Crippen LogP contribution in [0.15, 0.2) is 34.5 Å². The van der Waals surface area contributed by atoms with Crippen LogP contribution in [0.1, 0.15) is 44.7 Å². The molecule has 0 unspecified atom stereocenters. The molecule has 0 radical (unpaired) electrons. The predicted molar refractivity (Wildman–Crippen MR) is 101 cm³/mol. The molecule has 0 aliphatic carbocycles. The normalized spacial score (nSPS) is 17.2. The van der Waals surface area contributed by atoms with E-state index in [9.17, 15) is 4.79 Å². The maximum atomic E-state index is 12.2. The zero-order valence-corrected chi connectivity index (χ0v) is 15.5. The van der Waals surface area contributed by atoms with Crippen LogP contribution < -0.4 is 0 Å². The number of amides is 1. The molecule has 1 aromatic carbocycles. The molecule has 0 aromatic heterocycles. The highest BCUT2D eigenvalue weighted by Gasteiger charge is 2.29. The fraction of sp³-hybridized carbons (Fsp3) is 0.500. The Morgan fingerprint density at radius 1 is 1.29 bits per heavy atom. The second-order valence-corrected chi connectivity index (χ2v) is 7.13. The van der Waals surface area contributed by atoms with E-state index in [1.54, 1.807) is 11.1 Å². The topological polar surface area (TPSA) is 54.3 Å². The lowest BCUT2D eigenvalue weighted by molar-refractivity contribution is -0.124. The molecular weight excluding hydrogens is 322 g/mol. The molecule has 2 rings (SSSR count). The maximum Gasteiger partial charge on any atom is 0.239 e. The number of amidine groups is 1. The van der Waals surface area contributed by atoms with Gasteiger partial charge in [-0.15, -0.1) is 5.10 Å². The number of carbonyl (C=O) groups excluding carboxylic acids is 1. The molecule has 5 nitrogen and oxygen atoms in total. The standard InChI is InChI=1S/C18H25N3O2S/c1-13(2)16-8-6-5-7-15(16)11-21-17(22)12-24-18(21)20-19-9-10-23-14(3)4/h5-9,13-14H,10-12H2,1-4H3/b19-9+,20-18-. The molecule has 130 valence electrons. The average molecular weight is 347 g/mol. The van der Waals surface area contributed by atoms with Gasteiger partial charge in [-0.3, -0.25) is 9.69 Å². The second-order valence-electron chi connectivity index (χ2n) is 6.18. The van der Waals surface area contributed by atoms with E-state index in [-0.39, 0.29) is 12.0 Å². The van der Waals surface area contributed by atoms with E-state index in [1.807, 2.05) is 26.0 Å². The van der Waals surface area contributed by atoms with Crippen molar-refractivity contribution in [3.8, 4) is 0 Å². The summed E-state index contributed by atoms with van der Waals surface area (Å²) in [5.74, 6) is 0.907. The molecule has 1 fully saturated rings. The number of carbonyl (C=O) groups is 1. The molecule has 6 heteroatoms. The summed E-state index contributed by atoms with van der Waals surface area (Å²) in [6.07, 6.45) is 1.78. The Labute approximate surface area is 148 Å². The van der Waals surface area contributed by atoms with Gasteiger partial charge >= 0.3 is 0 Å². The van der Waals surface area contributed by atoms with Crippen molar-refractivity contribution in [3.05, 3.63) is 35.4 Å². The van der Waals surface area contributed by atoms with Gasteiger partial charge in [-0.05, 0) is 30.9 Å². The lowest BCUT2D eigenvalue weighted by Crippen LogP contribution is -2.29. The van der Waals surface area contributed by atoms with E-state index in [0.717, 1.165) is 5.56 Å². The number of hydrogen-bond acceptors (Lipinski definition) is 5. The summed E-state index contributed by atoms with van der Waals surface area (Å²) in [6.45, 7) is 9.22. The van der Waals surface area contributed by atoms with Gasteiger partial charge in [0.2, 0.25) is 5.91 Å². The van der Waals surface area contributed by atoms with Crippen LogP contribution in [0.5, 0.6) is 0 Å². The highest BCUT2D eigenvalue weighted by molar-refractivity contribution is 8.15. The third-order valence-corrected chi connectivity index (χ3v) is 4.54. The third kappa shape index (κ3) is 5.18. The fourth-order valence-electron chi connectivity index (χ4n) is 2.40. The van der Waals surface area contributed by atoms with Crippen molar-refractivity contribution >= 4 is 29.1 Å². The van der Waals surface area contributed by atoms with Gasteiger partial charge in [-0.1, -0.05) is 49.9 Å². The van der Waals surface area contributed by atoms with Crippen molar-refractivity contribution in [1.29, 1.82) is 0 Å². The minimum Gasteiger partial charge on any atom is -0.373 e. The van der Waals surface area contributed by atoms with E-state index >= 15 is 0 Å². The first-order chi connectivity index (χ1) is 11.5. The first-order valence-electron chi connectivity index (χ1n) is 8.21. The van der Waals surface area contributed by atoms with Gasteiger partial charge in [0.1, 0.15) is 0 Å². The van der Waals surface area contributed by atoms with Gasteiger partial charge in [-0.25, -0.2) is 0 Å². The second kappa shape index (κ2) is 8.99. The van der Waals surface area contributed by atoms with Crippen LogP contribution in [0.3, 0.4) is 0 Å². The predicted octanol–water partition coefficient (Wildman–Crippen LogP) is 3.65. The summed E-state index contributed by atoms with van der Waals surface area (Å²) >= 11 is 1.43. The zero-order valence-electron chi connectivity index (χ0n) is 14.7. The average Bonchev–Trinajstić information content (AvgIpc) is 2.88. The van der Waals surface area contributed by atoms with Gasteiger partial charge in [-0.2, -0.15) is 5.10 Å². The molecule has 1 amide bonds. The monoisotopic (exact) mass is 347 g/mol. The van der Waals surface area contributed by atoms with Gasteiger partial charge in [0, 0.05) is 0 Å². The number of nitrogens with zero attached hydrogens (tertiary/aromatic N) is 3. The molecular formula is C18H25N3O2S. The lowest BCUT2D eigenvalue weighted by atomic mass is 9.97. The van der Waals surface area contributed by atoms with Gasteiger partial charge in [0.05, 0.1) is 31.2 Å². The number of hydrogen-bond donors (Lipinski definition) is 0. The van der Waals surface area contributed by atoms with E-state index < -0.39 is 0 Å². The Bertz CT molecular complexity index is 626. The third-order valence-electron chi connectivity index (χ3n) is 3.59. The number of thioether (sulfide) groups is 1. The first kappa shape index (κ1) is 18.7. The Morgan fingerprint density at radius 3 is 2.75 bits per heavy atom. The molecule has 0 bridgehead atoms. The molecule has 1 aliphatic heterocycles. The van der Waals surface area contributed by atoms with Crippen LogP contribution >= 0.6 is 11.8 Å². The SMILES string of the molecule is CC(C)OC/C=N/N=C1\SCC(=O)N1Cc1ccccc1C(C)C. The fourth-order valence-corrected chi connectivity index (χ4v) is 3.23. The van der Waals surface area contributed by atoms with Crippen LogP contribution in [0.25, 0.3) is 0 Å². The van der Waals surface area contributed by atoms with Crippen molar-refractivity contribution in [1.82, 2.24) is 4.90 Å². The molecule has 1 heterocycles. The summed E-state index contributed by atoms with van der Waals surface area (Å²) in [4.78, 5) is 13.9. The smallest absolute Gasteiger partial charge is 0.239 e. The molecule has 1 aliphatic rings. The summed E-state index contributed by atoms with van der Waals surface area (Å²) in [6, 6.07) is 8.23. The van der Waals surface area contributed by atoms with E-state index in [4.69, 9.17) is 4.74 Å². The van der Waals surface area contributed by atoms with Crippen LogP contribution in [-0.4, -0.2) is 40.7 Å². The van der Waals surface area contributed by atoms with Gasteiger partial charge in [0.15, 0.2) is 5.17 Å². The highest BCUT2D eigenvalue weighted by atomic mass is 32.2. The van der Waals surface area contributed by atoms with Crippen molar-refractivity contribution in [3.63, 3.8) is 0 Å². The number of rotatable bonds is 7. The maximum absolute atomic E-state index is 12.2. The molecule has 0 N–H and O–H groups in total.